The number of sulfonamides is 1. The molecule has 0 fully saturated rings. The maximum Gasteiger partial charge on any atom is 0.255 e. The summed E-state index contributed by atoms with van der Waals surface area (Å²) in [4.78, 5) is 20.4. The molecule has 3 N–H and O–H groups in total. The number of nitrogens with one attached hydrogen (secondary N) is 3. The lowest BCUT2D eigenvalue weighted by molar-refractivity contribution is 0.102. The van der Waals surface area contributed by atoms with E-state index in [4.69, 9.17) is 6.42 Å². The maximum absolute atomic E-state index is 12.6. The minimum atomic E-state index is -3.78. The number of anilines is 1. The van der Waals surface area contributed by atoms with Crippen LogP contribution in [0.2, 0.25) is 0 Å². The first-order valence-corrected chi connectivity index (χ1v) is 10.8. The Morgan fingerprint density at radius 1 is 1.03 bits per heavy atom. The number of aromatic amines is 1. The predicted molar refractivity (Wildman–Crippen MR) is 120 cm³/mol. The van der Waals surface area contributed by atoms with E-state index in [9.17, 15) is 13.2 Å². The van der Waals surface area contributed by atoms with Gasteiger partial charge in [0.15, 0.2) is 0 Å². The van der Waals surface area contributed by atoms with E-state index in [0.29, 0.717) is 5.69 Å². The Labute approximate surface area is 179 Å². The van der Waals surface area contributed by atoms with Crippen LogP contribution >= 0.6 is 0 Å². The molecule has 0 saturated carbocycles. The fourth-order valence-electron chi connectivity index (χ4n) is 3.03. The fourth-order valence-corrected chi connectivity index (χ4v) is 4.01. The maximum atomic E-state index is 12.6. The van der Waals surface area contributed by atoms with Gasteiger partial charge < -0.3 is 10.3 Å². The van der Waals surface area contributed by atoms with Crippen molar-refractivity contribution in [2.45, 2.75) is 4.90 Å². The second kappa shape index (κ2) is 8.44. The highest BCUT2D eigenvalue weighted by Gasteiger charge is 2.16. The molecular formula is C23H18N4O3S. The zero-order valence-electron chi connectivity index (χ0n) is 16.3. The Balaban J connectivity index is 1.50. The molecule has 8 heteroatoms. The molecule has 3 aromatic carbocycles. The molecule has 4 rings (SSSR count). The number of terminal acetylenes is 1. The molecule has 0 unspecified atom stereocenters. The molecular weight excluding hydrogens is 412 g/mol. The Morgan fingerprint density at radius 2 is 1.81 bits per heavy atom. The topological polar surface area (TPSA) is 104 Å². The highest BCUT2D eigenvalue weighted by Crippen LogP contribution is 2.22. The van der Waals surface area contributed by atoms with Crippen LogP contribution in [-0.2, 0) is 10.0 Å². The van der Waals surface area contributed by atoms with E-state index in [-0.39, 0.29) is 17.0 Å². The zero-order valence-corrected chi connectivity index (χ0v) is 17.1. The average Bonchev–Trinajstić information content (AvgIpc) is 3.22. The number of imidazole rings is 1. The number of rotatable bonds is 6. The Bertz CT molecular complexity index is 1370. The van der Waals surface area contributed by atoms with Gasteiger partial charge >= 0.3 is 0 Å². The van der Waals surface area contributed by atoms with Crippen LogP contribution in [0.3, 0.4) is 0 Å². The zero-order chi connectivity index (χ0) is 21.8. The van der Waals surface area contributed by atoms with Crippen LogP contribution in [-0.4, -0.2) is 30.8 Å². The summed E-state index contributed by atoms with van der Waals surface area (Å²) in [6.07, 6.45) is 5.10. The number of hydrogen-bond acceptors (Lipinski definition) is 4. The molecule has 0 aliphatic heterocycles. The lowest BCUT2D eigenvalue weighted by Crippen LogP contribution is -2.24. The third-order valence-electron chi connectivity index (χ3n) is 4.58. The van der Waals surface area contributed by atoms with Crippen LogP contribution in [0.5, 0.6) is 0 Å². The molecule has 0 saturated heterocycles. The molecule has 0 aliphatic rings. The number of aromatic nitrogens is 2. The summed E-state index contributed by atoms with van der Waals surface area (Å²) in [6.45, 7) is -0.129. The van der Waals surface area contributed by atoms with Crippen LogP contribution < -0.4 is 10.0 Å². The van der Waals surface area contributed by atoms with Gasteiger partial charge in [-0.15, -0.1) is 6.42 Å². The van der Waals surface area contributed by atoms with E-state index in [2.05, 4.69) is 25.9 Å². The number of fused-ring (bicyclic) bond motifs is 1. The van der Waals surface area contributed by atoms with Crippen molar-refractivity contribution in [2.75, 3.05) is 11.9 Å². The summed E-state index contributed by atoms with van der Waals surface area (Å²) in [5.41, 5.74) is 3.48. The van der Waals surface area contributed by atoms with Crippen LogP contribution in [0.25, 0.3) is 22.4 Å². The number of para-hydroxylation sites is 2. The molecule has 0 bridgehead atoms. The van der Waals surface area contributed by atoms with Crippen molar-refractivity contribution in [2.24, 2.45) is 0 Å². The number of amides is 1. The van der Waals surface area contributed by atoms with Gasteiger partial charge in [-0.05, 0) is 54.6 Å². The minimum absolute atomic E-state index is 0.0318. The molecule has 0 radical (unpaired) electrons. The summed E-state index contributed by atoms with van der Waals surface area (Å²) in [5, 5.41) is 2.77. The second-order valence-corrected chi connectivity index (χ2v) is 8.46. The summed E-state index contributed by atoms with van der Waals surface area (Å²) in [5.74, 6) is 2.52. The Morgan fingerprint density at radius 3 is 2.55 bits per heavy atom. The molecule has 31 heavy (non-hydrogen) atoms. The van der Waals surface area contributed by atoms with Gasteiger partial charge in [0.1, 0.15) is 5.82 Å². The van der Waals surface area contributed by atoms with E-state index in [1.165, 1.54) is 24.3 Å². The first-order valence-electron chi connectivity index (χ1n) is 9.36. The van der Waals surface area contributed by atoms with Crippen molar-refractivity contribution >= 4 is 32.7 Å². The standard InChI is InChI=1S/C23H18N4O3S/c1-2-14-24-31(29,30)19-7-5-6-17(15-19)23(28)25-18-12-10-16(11-13-18)22-26-20-8-3-4-9-21(20)27-22/h1,3-13,15,24H,14H2,(H,25,28)(H,26,27). The van der Waals surface area contributed by atoms with Crippen LogP contribution in [0, 0.1) is 12.3 Å². The van der Waals surface area contributed by atoms with Gasteiger partial charge in [0.05, 0.1) is 22.5 Å². The molecule has 154 valence electrons. The highest BCUT2D eigenvalue weighted by molar-refractivity contribution is 7.89. The Hall–Kier alpha value is -3.93. The van der Waals surface area contributed by atoms with Gasteiger partial charge in [-0.25, -0.2) is 13.4 Å². The Kier molecular flexibility index (Phi) is 5.54. The molecule has 7 nitrogen and oxygen atoms in total. The van der Waals surface area contributed by atoms with Crippen LogP contribution in [0.15, 0.2) is 77.7 Å². The van der Waals surface area contributed by atoms with Crippen molar-refractivity contribution in [3.05, 3.63) is 78.4 Å². The fraction of sp³-hybridized carbons (Fsp3) is 0.0435. The quantitative estimate of drug-likeness (QED) is 0.408. The summed E-state index contributed by atoms with van der Waals surface area (Å²) in [7, 11) is -3.78. The van der Waals surface area contributed by atoms with E-state index >= 15 is 0 Å². The normalized spacial score (nSPS) is 11.2. The monoisotopic (exact) mass is 430 g/mol. The molecule has 4 aromatic rings. The van der Waals surface area contributed by atoms with E-state index < -0.39 is 15.9 Å². The smallest absolute Gasteiger partial charge is 0.255 e. The number of carbonyl (C=O) groups excluding carboxylic acids is 1. The van der Waals surface area contributed by atoms with Crippen LogP contribution in [0.1, 0.15) is 10.4 Å². The number of carbonyl (C=O) groups is 1. The van der Waals surface area contributed by atoms with E-state index in [1.807, 2.05) is 36.4 Å². The van der Waals surface area contributed by atoms with Gasteiger partial charge in [-0.1, -0.05) is 24.1 Å². The van der Waals surface area contributed by atoms with Crippen LogP contribution in [0.4, 0.5) is 5.69 Å². The molecule has 0 atom stereocenters. The van der Waals surface area contributed by atoms with E-state index in [0.717, 1.165) is 22.4 Å². The second-order valence-electron chi connectivity index (χ2n) is 6.69. The van der Waals surface area contributed by atoms with Gasteiger partial charge in [0.25, 0.3) is 5.91 Å². The molecule has 0 spiro atoms. The van der Waals surface area contributed by atoms with E-state index in [1.54, 1.807) is 12.1 Å². The minimum Gasteiger partial charge on any atom is -0.338 e. The molecule has 1 aromatic heterocycles. The number of nitrogens with zero attached hydrogens (tertiary/aromatic N) is 1. The lowest BCUT2D eigenvalue weighted by atomic mass is 10.1. The molecule has 1 heterocycles. The molecule has 0 aliphatic carbocycles. The molecule has 1 amide bonds. The van der Waals surface area contributed by atoms with Gasteiger partial charge in [-0.2, -0.15) is 4.72 Å². The van der Waals surface area contributed by atoms with Crippen molar-refractivity contribution < 1.29 is 13.2 Å². The predicted octanol–water partition coefficient (Wildman–Crippen LogP) is 3.39. The third kappa shape index (κ3) is 4.48. The van der Waals surface area contributed by atoms with Gasteiger partial charge in [0.2, 0.25) is 10.0 Å². The van der Waals surface area contributed by atoms with Gasteiger partial charge in [-0.3, -0.25) is 4.79 Å². The van der Waals surface area contributed by atoms with Crippen molar-refractivity contribution in [1.29, 1.82) is 0 Å². The summed E-state index contributed by atoms with van der Waals surface area (Å²) >= 11 is 0. The van der Waals surface area contributed by atoms with Crippen molar-refractivity contribution in [1.82, 2.24) is 14.7 Å². The first-order chi connectivity index (χ1) is 15.0. The SMILES string of the molecule is C#CCNS(=O)(=O)c1cccc(C(=O)Nc2ccc(-c3nc4ccccc4[nH]3)cc2)c1. The summed E-state index contributed by atoms with van der Waals surface area (Å²) < 4.78 is 26.7. The number of benzene rings is 3. The number of hydrogen-bond donors (Lipinski definition) is 3. The largest absolute Gasteiger partial charge is 0.338 e. The van der Waals surface area contributed by atoms with Crippen molar-refractivity contribution in [3.8, 4) is 23.7 Å². The van der Waals surface area contributed by atoms with Crippen molar-refractivity contribution in [3.63, 3.8) is 0 Å². The number of H-pyrrole nitrogens is 1. The highest BCUT2D eigenvalue weighted by atomic mass is 32.2. The first kappa shape index (κ1) is 20.3. The lowest BCUT2D eigenvalue weighted by Gasteiger charge is -2.08. The van der Waals surface area contributed by atoms with Gasteiger partial charge in [0, 0.05) is 16.8 Å². The average molecular weight is 430 g/mol. The summed E-state index contributed by atoms with van der Waals surface area (Å²) in [6, 6.07) is 20.7. The third-order valence-corrected chi connectivity index (χ3v) is 5.98.